The topological polar surface area (TPSA) is 55.8 Å². The second-order valence-corrected chi connectivity index (χ2v) is 5.35. The first-order valence-electron chi connectivity index (χ1n) is 7.07. The van der Waals surface area contributed by atoms with E-state index in [0.29, 0.717) is 19.6 Å². The van der Waals surface area contributed by atoms with Crippen LogP contribution in [-0.4, -0.2) is 30.9 Å². The standard InChI is InChI=1S/C16H22O4/c1-19-16(18)9-13-7-8-15(17)14(13)11-20-10-12-5-3-2-4-6-12/h2-6,13-15,17H,7-11H2,1H3/t13-,14+,15+/m0/s1. The van der Waals surface area contributed by atoms with Crippen molar-refractivity contribution in [2.24, 2.45) is 11.8 Å². The molecule has 0 spiro atoms. The maximum Gasteiger partial charge on any atom is 0.305 e. The smallest absolute Gasteiger partial charge is 0.305 e. The third-order valence-corrected chi connectivity index (χ3v) is 4.01. The second-order valence-electron chi connectivity index (χ2n) is 5.35. The molecule has 0 bridgehead atoms. The molecule has 0 heterocycles. The number of hydrogen-bond donors (Lipinski definition) is 1. The zero-order valence-corrected chi connectivity index (χ0v) is 11.8. The predicted molar refractivity (Wildman–Crippen MR) is 75.0 cm³/mol. The van der Waals surface area contributed by atoms with E-state index in [1.165, 1.54) is 7.11 Å². The van der Waals surface area contributed by atoms with Crippen LogP contribution in [0.15, 0.2) is 30.3 Å². The molecule has 1 aliphatic carbocycles. The van der Waals surface area contributed by atoms with Gasteiger partial charge in [0, 0.05) is 12.3 Å². The van der Waals surface area contributed by atoms with Crippen molar-refractivity contribution in [3.8, 4) is 0 Å². The molecule has 0 radical (unpaired) electrons. The number of methoxy groups -OCH3 is 1. The fraction of sp³-hybridized carbons (Fsp3) is 0.562. The van der Waals surface area contributed by atoms with E-state index in [9.17, 15) is 9.90 Å². The summed E-state index contributed by atoms with van der Waals surface area (Å²) in [5, 5.41) is 10.0. The molecular formula is C16H22O4. The molecule has 1 aromatic rings. The minimum Gasteiger partial charge on any atom is -0.469 e. The summed E-state index contributed by atoms with van der Waals surface area (Å²) in [5.74, 6) is -0.0248. The van der Waals surface area contributed by atoms with E-state index in [1.807, 2.05) is 30.3 Å². The quantitative estimate of drug-likeness (QED) is 0.810. The Morgan fingerprint density at radius 1 is 1.30 bits per heavy atom. The Hall–Kier alpha value is -1.39. The largest absolute Gasteiger partial charge is 0.469 e. The molecule has 0 aromatic heterocycles. The summed E-state index contributed by atoms with van der Waals surface area (Å²) < 4.78 is 10.4. The van der Waals surface area contributed by atoms with Crippen LogP contribution in [0, 0.1) is 11.8 Å². The third-order valence-electron chi connectivity index (χ3n) is 4.01. The first kappa shape index (κ1) is 15.0. The summed E-state index contributed by atoms with van der Waals surface area (Å²) in [5.41, 5.74) is 1.12. The second kappa shape index (κ2) is 7.41. The lowest BCUT2D eigenvalue weighted by Crippen LogP contribution is -2.26. The van der Waals surface area contributed by atoms with Gasteiger partial charge in [-0.25, -0.2) is 0 Å². The Balaban J connectivity index is 1.81. The lowest BCUT2D eigenvalue weighted by atomic mass is 9.92. The summed E-state index contributed by atoms with van der Waals surface area (Å²) in [6, 6.07) is 9.94. The van der Waals surface area contributed by atoms with Crippen molar-refractivity contribution in [2.45, 2.75) is 32.0 Å². The summed E-state index contributed by atoms with van der Waals surface area (Å²) in [7, 11) is 1.40. The van der Waals surface area contributed by atoms with Gasteiger partial charge in [0.1, 0.15) is 0 Å². The monoisotopic (exact) mass is 278 g/mol. The number of esters is 1. The molecule has 0 saturated heterocycles. The van der Waals surface area contributed by atoms with E-state index in [2.05, 4.69) is 0 Å². The highest BCUT2D eigenvalue weighted by Crippen LogP contribution is 2.35. The van der Waals surface area contributed by atoms with Crippen molar-refractivity contribution < 1.29 is 19.4 Å². The molecule has 0 amide bonds. The molecular weight excluding hydrogens is 256 g/mol. The molecule has 2 rings (SSSR count). The van der Waals surface area contributed by atoms with Crippen LogP contribution in [0.4, 0.5) is 0 Å². The van der Waals surface area contributed by atoms with Gasteiger partial charge in [-0.15, -0.1) is 0 Å². The number of benzene rings is 1. The average Bonchev–Trinajstić information content (AvgIpc) is 2.81. The number of aliphatic hydroxyl groups is 1. The number of carbonyl (C=O) groups excluding carboxylic acids is 1. The van der Waals surface area contributed by atoms with E-state index in [-0.39, 0.29) is 23.9 Å². The minimum atomic E-state index is -0.375. The molecule has 4 heteroatoms. The number of ether oxygens (including phenoxy) is 2. The maximum absolute atomic E-state index is 11.4. The van der Waals surface area contributed by atoms with Gasteiger partial charge in [-0.3, -0.25) is 4.79 Å². The van der Waals surface area contributed by atoms with E-state index in [1.54, 1.807) is 0 Å². The zero-order chi connectivity index (χ0) is 14.4. The van der Waals surface area contributed by atoms with Gasteiger partial charge >= 0.3 is 5.97 Å². The lowest BCUT2D eigenvalue weighted by Gasteiger charge is -2.21. The van der Waals surface area contributed by atoms with Gasteiger partial charge < -0.3 is 14.6 Å². The van der Waals surface area contributed by atoms with E-state index < -0.39 is 0 Å². The zero-order valence-electron chi connectivity index (χ0n) is 11.8. The number of aliphatic hydroxyl groups excluding tert-OH is 1. The molecule has 0 aliphatic heterocycles. The fourth-order valence-electron chi connectivity index (χ4n) is 2.81. The molecule has 1 N–H and O–H groups in total. The Kier molecular flexibility index (Phi) is 5.56. The SMILES string of the molecule is COC(=O)C[C@@H]1CC[C@@H](O)[C@@H]1COCc1ccccc1. The van der Waals surface area contributed by atoms with E-state index in [4.69, 9.17) is 9.47 Å². The first-order chi connectivity index (χ1) is 9.70. The Labute approximate surface area is 119 Å². The Bertz CT molecular complexity index is 418. The summed E-state index contributed by atoms with van der Waals surface area (Å²) in [4.78, 5) is 11.4. The van der Waals surface area contributed by atoms with Gasteiger partial charge in [-0.1, -0.05) is 30.3 Å². The Morgan fingerprint density at radius 2 is 2.05 bits per heavy atom. The summed E-state index contributed by atoms with van der Waals surface area (Å²) in [6.07, 6.45) is 1.59. The normalized spacial score (nSPS) is 25.6. The molecule has 110 valence electrons. The van der Waals surface area contributed by atoms with Crippen LogP contribution in [0.25, 0.3) is 0 Å². The number of carbonyl (C=O) groups is 1. The molecule has 1 fully saturated rings. The molecule has 4 nitrogen and oxygen atoms in total. The highest BCUT2D eigenvalue weighted by atomic mass is 16.5. The highest BCUT2D eigenvalue weighted by molar-refractivity contribution is 5.69. The minimum absolute atomic E-state index is 0.0258. The van der Waals surface area contributed by atoms with Crippen LogP contribution in [0.3, 0.4) is 0 Å². The predicted octanol–water partition coefficient (Wildman–Crippen LogP) is 2.15. The Morgan fingerprint density at radius 3 is 2.75 bits per heavy atom. The van der Waals surface area contributed by atoms with Crippen LogP contribution in [-0.2, 0) is 20.9 Å². The van der Waals surface area contributed by atoms with Crippen LogP contribution in [0.5, 0.6) is 0 Å². The van der Waals surface area contributed by atoms with E-state index >= 15 is 0 Å². The molecule has 1 aromatic carbocycles. The van der Waals surface area contributed by atoms with Crippen molar-refractivity contribution in [3.63, 3.8) is 0 Å². The van der Waals surface area contributed by atoms with Crippen molar-refractivity contribution in [3.05, 3.63) is 35.9 Å². The van der Waals surface area contributed by atoms with Crippen LogP contribution >= 0.6 is 0 Å². The van der Waals surface area contributed by atoms with Gasteiger partial charge in [-0.2, -0.15) is 0 Å². The van der Waals surface area contributed by atoms with Gasteiger partial charge in [0.2, 0.25) is 0 Å². The van der Waals surface area contributed by atoms with Gasteiger partial charge in [-0.05, 0) is 24.3 Å². The van der Waals surface area contributed by atoms with E-state index in [0.717, 1.165) is 18.4 Å². The van der Waals surface area contributed by atoms with Crippen molar-refractivity contribution >= 4 is 5.97 Å². The molecule has 0 unspecified atom stereocenters. The third kappa shape index (κ3) is 4.05. The average molecular weight is 278 g/mol. The first-order valence-corrected chi connectivity index (χ1v) is 7.07. The molecule has 1 saturated carbocycles. The van der Waals surface area contributed by atoms with Gasteiger partial charge in [0.25, 0.3) is 0 Å². The van der Waals surface area contributed by atoms with Gasteiger partial charge in [0.05, 0.1) is 26.4 Å². The molecule has 3 atom stereocenters. The van der Waals surface area contributed by atoms with Crippen molar-refractivity contribution in [2.75, 3.05) is 13.7 Å². The van der Waals surface area contributed by atoms with Crippen molar-refractivity contribution in [1.82, 2.24) is 0 Å². The van der Waals surface area contributed by atoms with Crippen molar-refractivity contribution in [1.29, 1.82) is 0 Å². The summed E-state index contributed by atoms with van der Waals surface area (Å²) in [6.45, 7) is 1.02. The maximum atomic E-state index is 11.4. The number of hydrogen-bond acceptors (Lipinski definition) is 4. The lowest BCUT2D eigenvalue weighted by molar-refractivity contribution is -0.142. The summed E-state index contributed by atoms with van der Waals surface area (Å²) >= 11 is 0. The number of rotatable bonds is 6. The molecule has 20 heavy (non-hydrogen) atoms. The van der Waals surface area contributed by atoms with Crippen LogP contribution < -0.4 is 0 Å². The van der Waals surface area contributed by atoms with Crippen LogP contribution in [0.2, 0.25) is 0 Å². The fourth-order valence-corrected chi connectivity index (χ4v) is 2.81. The van der Waals surface area contributed by atoms with Gasteiger partial charge in [0.15, 0.2) is 0 Å². The highest BCUT2D eigenvalue weighted by Gasteiger charge is 2.36. The molecule has 1 aliphatic rings. The van der Waals surface area contributed by atoms with Crippen LogP contribution in [0.1, 0.15) is 24.8 Å².